The molecule has 0 aliphatic heterocycles. The summed E-state index contributed by atoms with van der Waals surface area (Å²) in [5, 5.41) is 12.1. The van der Waals surface area contributed by atoms with Crippen molar-refractivity contribution in [2.24, 2.45) is 0 Å². The summed E-state index contributed by atoms with van der Waals surface area (Å²) < 4.78 is 41.0. The maximum atomic E-state index is 13.2. The van der Waals surface area contributed by atoms with Crippen molar-refractivity contribution >= 4 is 28.6 Å². The summed E-state index contributed by atoms with van der Waals surface area (Å²) in [7, 11) is 0. The van der Waals surface area contributed by atoms with Crippen LogP contribution in [0.3, 0.4) is 0 Å². The highest BCUT2D eigenvalue weighted by molar-refractivity contribution is 5.97. The summed E-state index contributed by atoms with van der Waals surface area (Å²) >= 11 is 0. The molecular weight excluding hydrogens is 375 g/mol. The fourth-order valence-corrected chi connectivity index (χ4v) is 2.86. The Bertz CT molecular complexity index is 1170. The number of alkyl halides is 3. The molecule has 2 aromatic heterocycles. The van der Waals surface area contributed by atoms with Gasteiger partial charge in [-0.05, 0) is 24.3 Å². The number of halogens is 3. The summed E-state index contributed by atoms with van der Waals surface area (Å²) in [6, 6.07) is 7.92. The SMILES string of the molecule is O=C(O)c1cc2[nH]c(Nc3ccccc3C(F)(F)F)nc2cc1-n1ccnc1. The second-order valence-corrected chi connectivity index (χ2v) is 5.92. The number of imidazole rings is 2. The third-order valence-electron chi connectivity index (χ3n) is 4.10. The van der Waals surface area contributed by atoms with Crippen LogP contribution in [0.25, 0.3) is 16.7 Å². The number of benzene rings is 2. The van der Waals surface area contributed by atoms with Crippen LogP contribution in [-0.2, 0) is 6.18 Å². The number of aromatic carboxylic acids is 1. The Morgan fingerprint density at radius 3 is 2.68 bits per heavy atom. The summed E-state index contributed by atoms with van der Waals surface area (Å²) in [5.74, 6) is -1.09. The summed E-state index contributed by atoms with van der Waals surface area (Å²) in [5.41, 5.74) is 0.0970. The van der Waals surface area contributed by atoms with Crippen LogP contribution in [-0.4, -0.2) is 30.6 Å². The molecule has 0 fully saturated rings. The number of hydrogen-bond donors (Lipinski definition) is 3. The monoisotopic (exact) mass is 387 g/mol. The number of nitrogens with one attached hydrogen (secondary N) is 2. The molecule has 0 bridgehead atoms. The Hall–Kier alpha value is -3.82. The van der Waals surface area contributed by atoms with E-state index in [0.717, 1.165) is 6.07 Å². The molecule has 2 heterocycles. The lowest BCUT2D eigenvalue weighted by Gasteiger charge is -2.12. The van der Waals surface area contributed by atoms with Crippen molar-refractivity contribution < 1.29 is 23.1 Å². The molecule has 0 aliphatic rings. The van der Waals surface area contributed by atoms with Gasteiger partial charge in [0.15, 0.2) is 0 Å². The standard InChI is InChI=1S/C18H12F3N5O2/c19-18(20,21)11-3-1-2-4-12(11)23-17-24-13-7-10(16(27)28)15(8-14(13)25-17)26-6-5-22-9-26/h1-9H,(H,27,28)(H2,23,24,25). The zero-order valence-electron chi connectivity index (χ0n) is 14.0. The molecule has 3 N–H and O–H groups in total. The summed E-state index contributed by atoms with van der Waals surface area (Å²) in [6.45, 7) is 0. The Balaban J connectivity index is 1.78. The molecule has 142 valence electrons. The Morgan fingerprint density at radius 1 is 1.21 bits per heavy atom. The zero-order valence-corrected chi connectivity index (χ0v) is 14.0. The number of hydrogen-bond acceptors (Lipinski definition) is 4. The van der Waals surface area contributed by atoms with Crippen molar-refractivity contribution in [1.29, 1.82) is 0 Å². The Labute approximate surface area is 155 Å². The summed E-state index contributed by atoms with van der Waals surface area (Å²) in [4.78, 5) is 22.6. The van der Waals surface area contributed by atoms with E-state index in [-0.39, 0.29) is 17.2 Å². The first-order chi connectivity index (χ1) is 13.3. The third-order valence-corrected chi connectivity index (χ3v) is 4.10. The van der Waals surface area contributed by atoms with E-state index in [1.165, 1.54) is 47.4 Å². The van der Waals surface area contributed by atoms with Gasteiger partial charge in [-0.15, -0.1) is 0 Å². The van der Waals surface area contributed by atoms with Crippen LogP contribution in [0.5, 0.6) is 0 Å². The van der Waals surface area contributed by atoms with Gasteiger partial charge in [0.25, 0.3) is 0 Å². The van der Waals surface area contributed by atoms with Crippen LogP contribution in [0.2, 0.25) is 0 Å². The number of carbonyl (C=O) groups is 1. The minimum atomic E-state index is -4.53. The number of H-pyrrole nitrogens is 1. The van der Waals surface area contributed by atoms with Crippen molar-refractivity contribution in [3.05, 3.63) is 66.2 Å². The first kappa shape index (κ1) is 17.6. The molecule has 7 nitrogen and oxygen atoms in total. The van der Waals surface area contributed by atoms with E-state index in [1.54, 1.807) is 6.20 Å². The quantitative estimate of drug-likeness (QED) is 0.488. The van der Waals surface area contributed by atoms with E-state index in [2.05, 4.69) is 20.3 Å². The van der Waals surface area contributed by atoms with E-state index in [1.807, 2.05) is 0 Å². The zero-order chi connectivity index (χ0) is 19.9. The number of aromatic nitrogens is 4. The van der Waals surface area contributed by atoms with Crippen LogP contribution in [0.15, 0.2) is 55.1 Å². The maximum absolute atomic E-state index is 13.2. The van der Waals surface area contributed by atoms with Crippen molar-refractivity contribution in [3.63, 3.8) is 0 Å². The van der Waals surface area contributed by atoms with Gasteiger partial charge in [-0.2, -0.15) is 13.2 Å². The predicted octanol–water partition coefficient (Wildman–Crippen LogP) is 4.21. The minimum absolute atomic E-state index is 0.00334. The highest BCUT2D eigenvalue weighted by Gasteiger charge is 2.33. The third kappa shape index (κ3) is 3.15. The lowest BCUT2D eigenvalue weighted by molar-refractivity contribution is -0.136. The van der Waals surface area contributed by atoms with Crippen molar-refractivity contribution in [3.8, 4) is 5.69 Å². The van der Waals surface area contributed by atoms with E-state index >= 15 is 0 Å². The van der Waals surface area contributed by atoms with Gasteiger partial charge in [-0.3, -0.25) is 0 Å². The number of rotatable bonds is 4. The number of carboxylic acids is 1. The van der Waals surface area contributed by atoms with Crippen LogP contribution in [0.4, 0.5) is 24.8 Å². The molecule has 0 unspecified atom stereocenters. The highest BCUT2D eigenvalue weighted by Crippen LogP contribution is 2.35. The molecule has 4 aromatic rings. The second kappa shape index (κ2) is 6.41. The number of anilines is 2. The molecule has 0 radical (unpaired) electrons. The van der Waals surface area contributed by atoms with Gasteiger partial charge in [-0.1, -0.05) is 12.1 Å². The van der Waals surface area contributed by atoms with Crippen molar-refractivity contribution in [2.75, 3.05) is 5.32 Å². The van der Waals surface area contributed by atoms with Gasteiger partial charge in [0.1, 0.15) is 0 Å². The number of carboxylic acid groups (broad SMARTS) is 1. The minimum Gasteiger partial charge on any atom is -0.478 e. The topological polar surface area (TPSA) is 95.8 Å². The van der Waals surface area contributed by atoms with Crippen LogP contribution >= 0.6 is 0 Å². The molecule has 0 atom stereocenters. The summed E-state index contributed by atoms with van der Waals surface area (Å²) in [6.07, 6.45) is 0.000104. The molecule has 10 heteroatoms. The van der Waals surface area contributed by atoms with Gasteiger partial charge in [0.05, 0.1) is 39.9 Å². The molecule has 0 saturated heterocycles. The maximum Gasteiger partial charge on any atom is 0.418 e. The molecular formula is C18H12F3N5O2. The normalized spacial score (nSPS) is 11.7. The lowest BCUT2D eigenvalue weighted by atomic mass is 10.1. The average Bonchev–Trinajstić information content (AvgIpc) is 3.29. The number of fused-ring (bicyclic) bond motifs is 1. The van der Waals surface area contributed by atoms with Crippen LogP contribution in [0, 0.1) is 0 Å². The van der Waals surface area contributed by atoms with E-state index in [0.29, 0.717) is 16.7 Å². The Morgan fingerprint density at radius 2 is 2.00 bits per heavy atom. The van der Waals surface area contributed by atoms with Gasteiger partial charge >= 0.3 is 12.1 Å². The first-order valence-electron chi connectivity index (χ1n) is 8.01. The van der Waals surface area contributed by atoms with Crippen LogP contribution in [0.1, 0.15) is 15.9 Å². The van der Waals surface area contributed by atoms with Gasteiger partial charge in [0.2, 0.25) is 5.95 Å². The van der Waals surface area contributed by atoms with Crippen molar-refractivity contribution in [1.82, 2.24) is 19.5 Å². The van der Waals surface area contributed by atoms with Crippen LogP contribution < -0.4 is 5.32 Å². The molecule has 4 rings (SSSR count). The molecule has 0 amide bonds. The number of para-hydroxylation sites is 1. The van der Waals surface area contributed by atoms with E-state index < -0.39 is 17.7 Å². The number of aromatic amines is 1. The van der Waals surface area contributed by atoms with E-state index in [9.17, 15) is 23.1 Å². The number of nitrogens with zero attached hydrogens (tertiary/aromatic N) is 3. The predicted molar refractivity (Wildman–Crippen MR) is 94.9 cm³/mol. The fraction of sp³-hybridized carbons (Fsp3) is 0.0556. The fourth-order valence-electron chi connectivity index (χ4n) is 2.86. The van der Waals surface area contributed by atoms with E-state index in [4.69, 9.17) is 0 Å². The highest BCUT2D eigenvalue weighted by atomic mass is 19.4. The second-order valence-electron chi connectivity index (χ2n) is 5.92. The smallest absolute Gasteiger partial charge is 0.418 e. The lowest BCUT2D eigenvalue weighted by Crippen LogP contribution is -2.08. The van der Waals surface area contributed by atoms with Gasteiger partial charge in [0, 0.05) is 12.4 Å². The van der Waals surface area contributed by atoms with Gasteiger partial charge < -0.3 is 20.0 Å². The molecule has 0 saturated carbocycles. The Kier molecular flexibility index (Phi) is 4.03. The molecule has 0 spiro atoms. The molecule has 28 heavy (non-hydrogen) atoms. The van der Waals surface area contributed by atoms with Crippen molar-refractivity contribution in [2.45, 2.75) is 6.18 Å². The van der Waals surface area contributed by atoms with Gasteiger partial charge in [-0.25, -0.2) is 14.8 Å². The largest absolute Gasteiger partial charge is 0.478 e. The molecule has 0 aliphatic carbocycles. The molecule has 2 aromatic carbocycles. The average molecular weight is 387 g/mol. The first-order valence-corrected chi connectivity index (χ1v) is 8.01.